The van der Waals surface area contributed by atoms with Crippen LogP contribution in [0.4, 0.5) is 5.69 Å². The predicted octanol–water partition coefficient (Wildman–Crippen LogP) is 5.10. The van der Waals surface area contributed by atoms with Gasteiger partial charge in [0.1, 0.15) is 0 Å². The molecule has 154 valence electrons. The summed E-state index contributed by atoms with van der Waals surface area (Å²) in [6.45, 7) is 3.73. The summed E-state index contributed by atoms with van der Waals surface area (Å²) in [5, 5.41) is 12.6. The van der Waals surface area contributed by atoms with Gasteiger partial charge in [0.05, 0.1) is 14.2 Å². The van der Waals surface area contributed by atoms with Crippen LogP contribution >= 0.6 is 27.7 Å². The number of nitrogens with zero attached hydrogens (tertiary/aromatic N) is 3. The van der Waals surface area contributed by atoms with Gasteiger partial charge in [0.2, 0.25) is 11.0 Å². The minimum Gasteiger partial charge on any atom is -0.493 e. The maximum atomic E-state index is 6.31. The molecule has 0 spiro atoms. The van der Waals surface area contributed by atoms with Crippen molar-refractivity contribution in [2.75, 3.05) is 25.3 Å². The van der Waals surface area contributed by atoms with E-state index in [9.17, 15) is 0 Å². The summed E-state index contributed by atoms with van der Waals surface area (Å²) in [6.07, 6.45) is 1.25. The van der Waals surface area contributed by atoms with E-state index in [-0.39, 0.29) is 0 Å². The summed E-state index contributed by atoms with van der Waals surface area (Å²) in [5.41, 5.74) is 3.15. The van der Waals surface area contributed by atoms with Crippen LogP contribution in [-0.2, 0) is 0 Å². The molecule has 1 atom stereocenters. The minimum atomic E-state index is -0.546. The van der Waals surface area contributed by atoms with Gasteiger partial charge in [0.25, 0.3) is 0 Å². The molecule has 0 radical (unpaired) electrons. The predicted molar refractivity (Wildman–Crippen MR) is 120 cm³/mol. The third kappa shape index (κ3) is 3.95. The van der Waals surface area contributed by atoms with Crippen molar-refractivity contribution in [2.45, 2.75) is 11.4 Å². The Morgan fingerprint density at radius 2 is 1.97 bits per heavy atom. The van der Waals surface area contributed by atoms with Gasteiger partial charge < -0.3 is 19.5 Å². The van der Waals surface area contributed by atoms with Crippen molar-refractivity contribution < 1.29 is 14.2 Å². The lowest BCUT2D eigenvalue weighted by Crippen LogP contribution is -2.18. The number of ether oxygens (including phenoxy) is 3. The van der Waals surface area contributed by atoms with Crippen LogP contribution in [0.3, 0.4) is 0 Å². The summed E-state index contributed by atoms with van der Waals surface area (Å²) < 4.78 is 18.0. The summed E-state index contributed by atoms with van der Waals surface area (Å²) in [7, 11) is 3.20. The third-order valence-corrected chi connectivity index (χ3v) is 5.97. The Labute approximate surface area is 187 Å². The average molecular weight is 487 g/mol. The van der Waals surface area contributed by atoms with Gasteiger partial charge in [0.15, 0.2) is 23.4 Å². The Hall–Kier alpha value is -2.78. The number of benzene rings is 2. The zero-order chi connectivity index (χ0) is 21.1. The molecule has 0 bridgehead atoms. The van der Waals surface area contributed by atoms with Crippen LogP contribution in [0.5, 0.6) is 17.4 Å². The van der Waals surface area contributed by atoms with Gasteiger partial charge in [0, 0.05) is 27.0 Å². The molecule has 1 aliphatic rings. The topological polar surface area (TPSA) is 78.4 Å². The van der Waals surface area contributed by atoms with Crippen molar-refractivity contribution in [1.29, 1.82) is 0 Å². The molecule has 1 aromatic heterocycles. The molecule has 9 heteroatoms. The number of nitrogens with one attached hydrogen (secondary N) is 1. The van der Waals surface area contributed by atoms with Gasteiger partial charge in [-0.2, -0.15) is 4.98 Å². The molecule has 4 rings (SSSR count). The third-order valence-electron chi connectivity index (χ3n) is 4.45. The van der Waals surface area contributed by atoms with Gasteiger partial charge in [-0.3, -0.25) is 0 Å². The molecule has 7 nitrogen and oxygen atoms in total. The first kappa shape index (κ1) is 20.5. The fourth-order valence-corrected chi connectivity index (χ4v) is 4.10. The fourth-order valence-electron chi connectivity index (χ4n) is 3.05. The van der Waals surface area contributed by atoms with Crippen LogP contribution in [0.2, 0.25) is 0 Å². The lowest BCUT2D eigenvalue weighted by Gasteiger charge is -2.22. The Morgan fingerprint density at radius 1 is 1.20 bits per heavy atom. The van der Waals surface area contributed by atoms with E-state index in [2.05, 4.69) is 43.0 Å². The summed E-state index contributed by atoms with van der Waals surface area (Å²) in [4.78, 5) is 4.60. The number of hydrogen-bond donors (Lipinski definition) is 1. The molecule has 0 saturated heterocycles. The van der Waals surface area contributed by atoms with E-state index in [1.54, 1.807) is 20.3 Å². The number of methoxy groups -OCH3 is 2. The highest BCUT2D eigenvalue weighted by atomic mass is 79.9. The number of anilines is 1. The van der Waals surface area contributed by atoms with Gasteiger partial charge in [-0.05, 0) is 18.2 Å². The first-order valence-corrected chi connectivity index (χ1v) is 10.8. The van der Waals surface area contributed by atoms with E-state index in [1.165, 1.54) is 11.8 Å². The van der Waals surface area contributed by atoms with Crippen LogP contribution in [-0.4, -0.2) is 35.2 Å². The monoisotopic (exact) mass is 486 g/mol. The second-order valence-corrected chi connectivity index (χ2v) is 8.11. The zero-order valence-corrected chi connectivity index (χ0v) is 18.8. The molecule has 1 N–H and O–H groups in total. The first-order valence-electron chi connectivity index (χ1n) is 9.07. The minimum absolute atomic E-state index is 0.403. The molecule has 0 saturated carbocycles. The second-order valence-electron chi connectivity index (χ2n) is 6.26. The lowest BCUT2D eigenvalue weighted by atomic mass is 10.1. The number of aromatic nitrogens is 3. The molecule has 0 amide bonds. The Morgan fingerprint density at radius 3 is 2.73 bits per heavy atom. The maximum Gasteiger partial charge on any atom is 0.247 e. The SMILES string of the molecule is C=CCSc1nnc2c(n1)O[C@@H](c1cc(OC)c(OC)cc1Br)Nc1ccccc1-2. The van der Waals surface area contributed by atoms with Crippen molar-refractivity contribution in [3.63, 3.8) is 0 Å². The van der Waals surface area contributed by atoms with E-state index in [1.807, 2.05) is 36.4 Å². The Bertz CT molecular complexity index is 1100. The molecule has 0 aliphatic carbocycles. The molecular weight excluding hydrogens is 468 g/mol. The normalized spacial score (nSPS) is 14.4. The van der Waals surface area contributed by atoms with E-state index in [0.29, 0.717) is 34.0 Å². The quantitative estimate of drug-likeness (QED) is 0.380. The highest BCUT2D eigenvalue weighted by Gasteiger charge is 2.28. The molecular formula is C21H19BrN4O3S. The van der Waals surface area contributed by atoms with Crippen molar-refractivity contribution in [2.24, 2.45) is 0 Å². The smallest absolute Gasteiger partial charge is 0.247 e. The van der Waals surface area contributed by atoms with Gasteiger partial charge in [-0.25, -0.2) is 0 Å². The Kier molecular flexibility index (Phi) is 6.10. The second kappa shape index (κ2) is 8.93. The van der Waals surface area contributed by atoms with Crippen molar-refractivity contribution in [1.82, 2.24) is 15.2 Å². The van der Waals surface area contributed by atoms with Crippen molar-refractivity contribution in [3.05, 3.63) is 59.1 Å². The number of halogens is 1. The van der Waals surface area contributed by atoms with Crippen LogP contribution in [0.15, 0.2) is 58.7 Å². The van der Waals surface area contributed by atoms with Crippen molar-refractivity contribution in [3.8, 4) is 28.6 Å². The highest BCUT2D eigenvalue weighted by molar-refractivity contribution is 9.10. The molecule has 30 heavy (non-hydrogen) atoms. The summed E-state index contributed by atoms with van der Waals surface area (Å²) >= 11 is 5.07. The van der Waals surface area contributed by atoms with Crippen molar-refractivity contribution >= 4 is 33.4 Å². The number of rotatable bonds is 6. The van der Waals surface area contributed by atoms with E-state index in [4.69, 9.17) is 14.2 Å². The van der Waals surface area contributed by atoms with Gasteiger partial charge in [-0.1, -0.05) is 52.0 Å². The van der Waals surface area contributed by atoms with Crippen LogP contribution in [0.1, 0.15) is 11.8 Å². The van der Waals surface area contributed by atoms with E-state index >= 15 is 0 Å². The summed E-state index contributed by atoms with van der Waals surface area (Å²) in [5.74, 6) is 2.30. The van der Waals surface area contributed by atoms with E-state index < -0.39 is 6.23 Å². The zero-order valence-electron chi connectivity index (χ0n) is 16.4. The molecule has 2 aromatic carbocycles. The Balaban J connectivity index is 1.82. The van der Waals surface area contributed by atoms with Gasteiger partial charge in [-0.15, -0.1) is 16.8 Å². The number of thioether (sulfide) groups is 1. The van der Waals surface area contributed by atoms with Crippen LogP contribution in [0.25, 0.3) is 11.3 Å². The standard InChI is InChI=1S/C21H19BrN4O3S/c1-4-9-30-21-24-20-18(25-26-21)12-7-5-6-8-15(12)23-19(29-20)13-10-16(27-2)17(28-3)11-14(13)22/h4-8,10-11,19,23H,1,9H2,2-3H3/t19-/m0/s1. The fraction of sp³-hybridized carbons (Fsp3) is 0.190. The number of hydrogen-bond acceptors (Lipinski definition) is 8. The molecule has 3 aromatic rings. The molecule has 0 fully saturated rings. The van der Waals surface area contributed by atoms with Crippen LogP contribution in [0, 0.1) is 0 Å². The highest BCUT2D eigenvalue weighted by Crippen LogP contribution is 2.43. The summed E-state index contributed by atoms with van der Waals surface area (Å²) in [6, 6.07) is 11.5. The lowest BCUT2D eigenvalue weighted by molar-refractivity contribution is 0.223. The van der Waals surface area contributed by atoms with E-state index in [0.717, 1.165) is 21.3 Å². The van der Waals surface area contributed by atoms with Gasteiger partial charge >= 0.3 is 0 Å². The largest absolute Gasteiger partial charge is 0.493 e. The molecule has 1 aliphatic heterocycles. The van der Waals surface area contributed by atoms with Crippen LogP contribution < -0.4 is 19.5 Å². The number of fused-ring (bicyclic) bond motifs is 3. The average Bonchev–Trinajstić information content (AvgIpc) is 2.93. The molecule has 2 heterocycles. The molecule has 0 unspecified atom stereocenters. The maximum absolute atomic E-state index is 6.31. The first-order chi connectivity index (χ1) is 14.6. The number of para-hydroxylation sites is 1.